The number of nitrogens with zero attached hydrogens (tertiary/aromatic N) is 1. The average molecular weight is 486 g/mol. The lowest BCUT2D eigenvalue weighted by Crippen LogP contribution is -2.29. The maximum absolute atomic E-state index is 14.0. The lowest BCUT2D eigenvalue weighted by atomic mass is 9.98. The van der Waals surface area contributed by atoms with Gasteiger partial charge < -0.3 is 9.15 Å². The van der Waals surface area contributed by atoms with E-state index in [0.29, 0.717) is 12.3 Å². The average Bonchev–Trinajstić information content (AvgIpc) is 3.18. The van der Waals surface area contributed by atoms with Crippen molar-refractivity contribution in [1.82, 2.24) is 0 Å². The molecule has 0 fully saturated rings. The predicted octanol–water partition coefficient (Wildman–Crippen LogP) is 6.95. The molecule has 0 bridgehead atoms. The van der Waals surface area contributed by atoms with Gasteiger partial charge in [0.25, 0.3) is 5.91 Å². The fourth-order valence-corrected chi connectivity index (χ4v) is 4.70. The van der Waals surface area contributed by atoms with Crippen LogP contribution in [0.15, 0.2) is 75.9 Å². The first kappa shape index (κ1) is 23.8. The topological polar surface area (TPSA) is 59.8 Å². The number of amides is 1. The molecular formula is C30H28FNO4. The number of aryl methyl sites for hydroxylation is 1. The number of unbranched alkanes of at least 4 members (excludes halogenated alkanes) is 3. The van der Waals surface area contributed by atoms with E-state index in [4.69, 9.17) is 9.15 Å². The second-order valence-corrected chi connectivity index (χ2v) is 9.21. The number of hydrogen-bond acceptors (Lipinski definition) is 4. The van der Waals surface area contributed by atoms with Gasteiger partial charge in [0.1, 0.15) is 17.1 Å². The summed E-state index contributed by atoms with van der Waals surface area (Å²) in [6.07, 6.45) is 4.48. The molecule has 5 rings (SSSR count). The summed E-state index contributed by atoms with van der Waals surface area (Å²) in [4.78, 5) is 28.8. The highest BCUT2D eigenvalue weighted by molar-refractivity contribution is 6.10. The van der Waals surface area contributed by atoms with E-state index in [1.165, 1.54) is 25.0 Å². The van der Waals surface area contributed by atoms with Gasteiger partial charge in [-0.05, 0) is 61.4 Å². The molecule has 0 N–H and O–H groups in total. The van der Waals surface area contributed by atoms with Crippen LogP contribution in [0.1, 0.15) is 65.9 Å². The van der Waals surface area contributed by atoms with Crippen molar-refractivity contribution in [2.75, 3.05) is 11.5 Å². The fraction of sp³-hybridized carbons (Fsp3) is 0.267. The van der Waals surface area contributed by atoms with Crippen molar-refractivity contribution in [2.45, 2.75) is 45.6 Å². The minimum Gasteiger partial charge on any atom is -0.494 e. The number of halogens is 1. The molecule has 0 radical (unpaired) electrons. The van der Waals surface area contributed by atoms with Crippen LogP contribution in [-0.4, -0.2) is 12.5 Å². The van der Waals surface area contributed by atoms with Crippen LogP contribution in [0.2, 0.25) is 0 Å². The SMILES string of the molecule is CCCCCCOc1ccc(C2c3c(oc4ccc(F)cc4c3=O)C(=O)N2c2ccc(C)cc2)cc1. The Bertz CT molecular complexity index is 1460. The summed E-state index contributed by atoms with van der Waals surface area (Å²) in [7, 11) is 0. The Morgan fingerprint density at radius 3 is 2.42 bits per heavy atom. The minimum absolute atomic E-state index is 0.0130. The number of rotatable bonds is 8. The molecule has 6 heteroatoms. The molecule has 5 nitrogen and oxygen atoms in total. The largest absolute Gasteiger partial charge is 0.494 e. The van der Waals surface area contributed by atoms with E-state index in [-0.39, 0.29) is 22.3 Å². The molecule has 1 aliphatic heterocycles. The van der Waals surface area contributed by atoms with Crippen molar-refractivity contribution in [1.29, 1.82) is 0 Å². The molecule has 1 aliphatic rings. The molecule has 0 saturated heterocycles. The number of carbonyl (C=O) groups excluding carboxylic acids is 1. The Labute approximate surface area is 209 Å². The minimum atomic E-state index is -0.710. The molecule has 0 saturated carbocycles. The van der Waals surface area contributed by atoms with Crippen LogP contribution < -0.4 is 15.1 Å². The van der Waals surface area contributed by atoms with E-state index in [1.807, 2.05) is 55.5 Å². The van der Waals surface area contributed by atoms with Crippen molar-refractivity contribution < 1.29 is 18.3 Å². The van der Waals surface area contributed by atoms with Gasteiger partial charge in [-0.2, -0.15) is 0 Å². The second kappa shape index (κ2) is 9.97. The van der Waals surface area contributed by atoms with Crippen LogP contribution >= 0.6 is 0 Å². The molecule has 2 heterocycles. The van der Waals surface area contributed by atoms with Gasteiger partial charge in [-0.15, -0.1) is 0 Å². The van der Waals surface area contributed by atoms with Crippen molar-refractivity contribution in [2.24, 2.45) is 0 Å². The second-order valence-electron chi connectivity index (χ2n) is 9.21. The van der Waals surface area contributed by atoms with Gasteiger partial charge in [-0.25, -0.2) is 4.39 Å². The number of hydrogen-bond donors (Lipinski definition) is 0. The molecule has 1 aromatic heterocycles. The third-order valence-electron chi connectivity index (χ3n) is 6.61. The van der Waals surface area contributed by atoms with Crippen LogP contribution in [0.5, 0.6) is 5.75 Å². The zero-order chi connectivity index (χ0) is 25.2. The summed E-state index contributed by atoms with van der Waals surface area (Å²) in [6.45, 7) is 4.78. The van der Waals surface area contributed by atoms with Crippen molar-refractivity contribution >= 4 is 22.6 Å². The zero-order valence-corrected chi connectivity index (χ0v) is 20.4. The molecular weight excluding hydrogens is 457 g/mol. The third-order valence-corrected chi connectivity index (χ3v) is 6.61. The van der Waals surface area contributed by atoms with Gasteiger partial charge in [0.15, 0.2) is 5.43 Å². The van der Waals surface area contributed by atoms with Gasteiger partial charge in [0.2, 0.25) is 5.76 Å². The summed E-state index contributed by atoms with van der Waals surface area (Å²) in [5.41, 5.74) is 2.43. The highest BCUT2D eigenvalue weighted by Gasteiger charge is 2.43. The molecule has 3 aromatic carbocycles. The van der Waals surface area contributed by atoms with Gasteiger partial charge in [-0.3, -0.25) is 14.5 Å². The number of carbonyl (C=O) groups is 1. The van der Waals surface area contributed by atoms with Crippen LogP contribution in [0.4, 0.5) is 10.1 Å². The Balaban J connectivity index is 1.57. The summed E-state index contributed by atoms with van der Waals surface area (Å²) in [6, 6.07) is 18.0. The quantitative estimate of drug-likeness (QED) is 0.253. The Morgan fingerprint density at radius 2 is 1.69 bits per heavy atom. The van der Waals surface area contributed by atoms with E-state index in [1.54, 1.807) is 4.90 Å². The van der Waals surface area contributed by atoms with Gasteiger partial charge in [-0.1, -0.05) is 56.0 Å². The first-order valence-corrected chi connectivity index (χ1v) is 12.4. The standard InChI is InChI=1S/C30H28FNO4/c1-3-4-5-6-17-35-23-14-9-20(10-15-23)27-26-28(33)24-18-21(31)11-16-25(24)36-29(26)30(34)32(27)22-12-7-19(2)8-13-22/h7-16,18,27H,3-6,17H2,1-2H3. The maximum Gasteiger partial charge on any atom is 0.295 e. The summed E-state index contributed by atoms with van der Waals surface area (Å²) < 4.78 is 25.8. The fourth-order valence-electron chi connectivity index (χ4n) is 4.70. The smallest absolute Gasteiger partial charge is 0.295 e. The lowest BCUT2D eigenvalue weighted by Gasteiger charge is -2.25. The van der Waals surface area contributed by atoms with E-state index in [2.05, 4.69) is 6.92 Å². The van der Waals surface area contributed by atoms with E-state index in [0.717, 1.165) is 35.8 Å². The summed E-state index contributed by atoms with van der Waals surface area (Å²) in [5.74, 6) is -0.222. The van der Waals surface area contributed by atoms with Crippen molar-refractivity contribution in [3.8, 4) is 5.75 Å². The van der Waals surface area contributed by atoms with Crippen LogP contribution in [-0.2, 0) is 0 Å². The number of fused-ring (bicyclic) bond motifs is 2. The number of benzene rings is 3. The predicted molar refractivity (Wildman–Crippen MR) is 138 cm³/mol. The lowest BCUT2D eigenvalue weighted by molar-refractivity contribution is 0.0971. The maximum atomic E-state index is 14.0. The zero-order valence-electron chi connectivity index (χ0n) is 20.4. The van der Waals surface area contributed by atoms with Gasteiger partial charge in [0, 0.05) is 5.69 Å². The van der Waals surface area contributed by atoms with E-state index >= 15 is 0 Å². The highest BCUT2D eigenvalue weighted by Crippen LogP contribution is 2.41. The van der Waals surface area contributed by atoms with Gasteiger partial charge >= 0.3 is 0 Å². The molecule has 1 unspecified atom stereocenters. The number of ether oxygens (including phenoxy) is 1. The van der Waals surface area contributed by atoms with Crippen molar-refractivity contribution in [3.63, 3.8) is 0 Å². The summed E-state index contributed by atoms with van der Waals surface area (Å²) in [5, 5.41) is 0.115. The van der Waals surface area contributed by atoms with Crippen LogP contribution in [0, 0.1) is 12.7 Å². The normalized spacial score (nSPS) is 14.9. The molecule has 1 amide bonds. The van der Waals surface area contributed by atoms with E-state index < -0.39 is 23.2 Å². The first-order chi connectivity index (χ1) is 17.5. The first-order valence-electron chi connectivity index (χ1n) is 12.4. The molecule has 36 heavy (non-hydrogen) atoms. The third kappa shape index (κ3) is 4.39. The van der Waals surface area contributed by atoms with Crippen molar-refractivity contribution in [3.05, 3.63) is 105 Å². The Hall–Kier alpha value is -3.93. The Kier molecular flexibility index (Phi) is 6.59. The van der Waals surface area contributed by atoms with Crippen LogP contribution in [0.25, 0.3) is 11.0 Å². The molecule has 0 aliphatic carbocycles. The number of anilines is 1. The summed E-state index contributed by atoms with van der Waals surface area (Å²) >= 11 is 0. The monoisotopic (exact) mass is 485 g/mol. The van der Waals surface area contributed by atoms with Gasteiger partial charge in [0.05, 0.1) is 23.6 Å². The van der Waals surface area contributed by atoms with E-state index in [9.17, 15) is 14.0 Å². The molecule has 4 aromatic rings. The molecule has 0 spiro atoms. The Morgan fingerprint density at radius 1 is 0.944 bits per heavy atom. The molecule has 1 atom stereocenters. The highest BCUT2D eigenvalue weighted by atomic mass is 19.1. The van der Waals surface area contributed by atoms with Crippen LogP contribution in [0.3, 0.4) is 0 Å². The molecule has 184 valence electrons.